The number of rotatable bonds is 4. The second-order valence-corrected chi connectivity index (χ2v) is 6.06. The average molecular weight is 305 g/mol. The minimum atomic E-state index is 0.283. The Bertz CT molecular complexity index is 563. The second-order valence-electron chi connectivity index (χ2n) is 5.15. The summed E-state index contributed by atoms with van der Waals surface area (Å²) >= 11 is 3.50. The lowest BCUT2D eigenvalue weighted by Gasteiger charge is -2.16. The van der Waals surface area contributed by atoms with Gasteiger partial charge >= 0.3 is 0 Å². The summed E-state index contributed by atoms with van der Waals surface area (Å²) in [7, 11) is 0. The summed E-state index contributed by atoms with van der Waals surface area (Å²) in [4.78, 5) is 0. The maximum Gasteiger partial charge on any atom is 0.0462 e. The van der Waals surface area contributed by atoms with Crippen LogP contribution < -0.4 is 11.3 Å². The zero-order valence-electron chi connectivity index (χ0n) is 10.2. The van der Waals surface area contributed by atoms with E-state index < -0.39 is 0 Å². The quantitative estimate of drug-likeness (QED) is 0.664. The van der Waals surface area contributed by atoms with Gasteiger partial charge in [-0.1, -0.05) is 47.0 Å². The lowest BCUT2D eigenvalue weighted by atomic mass is 9.98. The second kappa shape index (κ2) is 5.00. The Balaban J connectivity index is 1.93. The van der Waals surface area contributed by atoms with Crippen molar-refractivity contribution in [3.8, 4) is 0 Å². The van der Waals surface area contributed by atoms with E-state index in [0.29, 0.717) is 0 Å². The molecule has 3 N–H and O–H groups in total. The molecule has 2 aromatic rings. The number of hydrogen-bond acceptors (Lipinski definition) is 2. The lowest BCUT2D eigenvalue weighted by molar-refractivity contribution is 0.487. The fourth-order valence-electron chi connectivity index (χ4n) is 2.44. The summed E-state index contributed by atoms with van der Waals surface area (Å²) in [6.07, 6.45) is 3.87. The molecular formula is C15H17BrN2. The Morgan fingerprint density at radius 3 is 2.61 bits per heavy atom. The zero-order chi connectivity index (χ0) is 12.5. The maximum atomic E-state index is 5.69. The van der Waals surface area contributed by atoms with E-state index in [1.54, 1.807) is 0 Å². The Kier molecular flexibility index (Phi) is 3.37. The molecule has 3 heteroatoms. The molecule has 0 spiro atoms. The van der Waals surface area contributed by atoms with Crippen LogP contribution in [0.3, 0.4) is 0 Å². The first-order valence-corrected chi connectivity index (χ1v) is 7.21. The average Bonchev–Trinajstić information content (AvgIpc) is 3.19. The van der Waals surface area contributed by atoms with Crippen LogP contribution in [0.15, 0.2) is 40.9 Å². The highest BCUT2D eigenvalue weighted by Gasteiger charge is 2.25. The molecule has 0 radical (unpaired) electrons. The van der Waals surface area contributed by atoms with Crippen molar-refractivity contribution >= 4 is 26.7 Å². The van der Waals surface area contributed by atoms with Gasteiger partial charge in [0.1, 0.15) is 0 Å². The van der Waals surface area contributed by atoms with Crippen LogP contribution in [0.1, 0.15) is 30.9 Å². The Hall–Kier alpha value is -0.900. The molecule has 1 fully saturated rings. The molecular weight excluding hydrogens is 288 g/mol. The molecule has 2 nitrogen and oxygen atoms in total. The van der Waals surface area contributed by atoms with Crippen LogP contribution in [0.2, 0.25) is 0 Å². The van der Waals surface area contributed by atoms with Crippen LogP contribution in [-0.4, -0.2) is 0 Å². The number of nitrogens with one attached hydrogen (secondary N) is 1. The minimum absolute atomic E-state index is 0.283. The first-order chi connectivity index (χ1) is 8.76. The van der Waals surface area contributed by atoms with Crippen molar-refractivity contribution in [3.63, 3.8) is 0 Å². The van der Waals surface area contributed by atoms with E-state index >= 15 is 0 Å². The smallest absolute Gasteiger partial charge is 0.0462 e. The summed E-state index contributed by atoms with van der Waals surface area (Å²) in [6.45, 7) is 0. The third-order valence-corrected chi connectivity index (χ3v) is 4.19. The van der Waals surface area contributed by atoms with Gasteiger partial charge in [0.25, 0.3) is 0 Å². The summed E-state index contributed by atoms with van der Waals surface area (Å²) in [5.74, 6) is 6.56. The van der Waals surface area contributed by atoms with Crippen molar-refractivity contribution in [1.29, 1.82) is 0 Å². The fraction of sp³-hybridized carbons (Fsp3) is 0.333. The summed E-state index contributed by atoms with van der Waals surface area (Å²) < 4.78 is 1.12. The number of halogens is 1. The van der Waals surface area contributed by atoms with Crippen molar-refractivity contribution in [2.75, 3.05) is 0 Å². The van der Waals surface area contributed by atoms with Gasteiger partial charge in [-0.25, -0.2) is 0 Å². The topological polar surface area (TPSA) is 38.0 Å². The molecule has 1 unspecified atom stereocenters. The molecule has 18 heavy (non-hydrogen) atoms. The summed E-state index contributed by atoms with van der Waals surface area (Å²) in [5.41, 5.74) is 4.25. The molecule has 1 atom stereocenters. The van der Waals surface area contributed by atoms with Gasteiger partial charge in [0, 0.05) is 10.5 Å². The highest BCUT2D eigenvalue weighted by molar-refractivity contribution is 9.10. The lowest BCUT2D eigenvalue weighted by Crippen LogP contribution is -2.28. The first-order valence-electron chi connectivity index (χ1n) is 6.41. The Morgan fingerprint density at radius 1 is 1.17 bits per heavy atom. The van der Waals surface area contributed by atoms with Crippen LogP contribution >= 0.6 is 15.9 Å². The number of nitrogens with two attached hydrogens (primary N) is 1. The number of fused-ring (bicyclic) bond motifs is 1. The fourth-order valence-corrected chi connectivity index (χ4v) is 2.82. The Labute approximate surface area is 116 Å². The van der Waals surface area contributed by atoms with Crippen LogP contribution in [0.4, 0.5) is 0 Å². The molecule has 2 aromatic carbocycles. The van der Waals surface area contributed by atoms with E-state index in [9.17, 15) is 0 Å². The molecule has 94 valence electrons. The van der Waals surface area contributed by atoms with Gasteiger partial charge in [-0.05, 0) is 46.9 Å². The van der Waals surface area contributed by atoms with Gasteiger partial charge in [0.05, 0.1) is 0 Å². The van der Waals surface area contributed by atoms with Crippen LogP contribution in [-0.2, 0) is 0 Å². The molecule has 0 amide bonds. The van der Waals surface area contributed by atoms with Crippen molar-refractivity contribution in [3.05, 3.63) is 46.4 Å². The van der Waals surface area contributed by atoms with E-state index in [1.165, 1.54) is 29.2 Å². The number of hydrazine groups is 1. The third-order valence-electron chi connectivity index (χ3n) is 3.70. The number of benzene rings is 2. The Morgan fingerprint density at radius 2 is 1.89 bits per heavy atom. The minimum Gasteiger partial charge on any atom is -0.271 e. The molecule has 1 aliphatic rings. The van der Waals surface area contributed by atoms with Gasteiger partial charge in [-0.2, -0.15) is 0 Å². The standard InChI is InChI=1S/C15H17BrN2/c16-14-6-5-11-8-13(4-3-12(11)9-14)15(18-17)7-10-1-2-10/h3-6,8-10,15,18H,1-2,7,17H2. The molecule has 1 aliphatic carbocycles. The normalized spacial score (nSPS) is 17.0. The molecule has 3 rings (SSSR count). The van der Waals surface area contributed by atoms with Crippen molar-refractivity contribution in [2.45, 2.75) is 25.3 Å². The largest absolute Gasteiger partial charge is 0.271 e. The van der Waals surface area contributed by atoms with Crippen LogP contribution in [0.5, 0.6) is 0 Å². The molecule has 0 saturated heterocycles. The molecule has 0 bridgehead atoms. The van der Waals surface area contributed by atoms with Crippen molar-refractivity contribution in [1.82, 2.24) is 5.43 Å². The molecule has 1 saturated carbocycles. The third kappa shape index (κ3) is 2.58. The van der Waals surface area contributed by atoms with E-state index in [-0.39, 0.29) is 6.04 Å². The highest BCUT2D eigenvalue weighted by atomic mass is 79.9. The molecule has 0 aliphatic heterocycles. The molecule has 0 heterocycles. The van der Waals surface area contributed by atoms with Crippen molar-refractivity contribution < 1.29 is 0 Å². The van der Waals surface area contributed by atoms with Crippen molar-refractivity contribution in [2.24, 2.45) is 11.8 Å². The van der Waals surface area contributed by atoms with Crippen LogP contribution in [0.25, 0.3) is 10.8 Å². The van der Waals surface area contributed by atoms with Crippen LogP contribution in [0, 0.1) is 5.92 Å². The van der Waals surface area contributed by atoms with E-state index in [2.05, 4.69) is 57.8 Å². The summed E-state index contributed by atoms with van der Waals surface area (Å²) in [5, 5.41) is 2.53. The van der Waals surface area contributed by atoms with E-state index in [0.717, 1.165) is 16.8 Å². The predicted molar refractivity (Wildman–Crippen MR) is 79.1 cm³/mol. The summed E-state index contributed by atoms with van der Waals surface area (Å²) in [6, 6.07) is 13.3. The SMILES string of the molecule is NNC(CC1CC1)c1ccc2cc(Br)ccc2c1. The van der Waals surface area contributed by atoms with E-state index in [4.69, 9.17) is 5.84 Å². The van der Waals surface area contributed by atoms with Gasteiger partial charge in [-0.3, -0.25) is 11.3 Å². The van der Waals surface area contributed by atoms with Gasteiger partial charge < -0.3 is 0 Å². The maximum absolute atomic E-state index is 5.69. The van der Waals surface area contributed by atoms with Gasteiger partial charge in [0.15, 0.2) is 0 Å². The first kappa shape index (κ1) is 12.2. The predicted octanol–water partition coefficient (Wildman–Crippen LogP) is 3.91. The highest BCUT2D eigenvalue weighted by Crippen LogP contribution is 2.37. The van der Waals surface area contributed by atoms with E-state index in [1.807, 2.05) is 0 Å². The number of hydrogen-bond donors (Lipinski definition) is 2. The van der Waals surface area contributed by atoms with Gasteiger partial charge in [-0.15, -0.1) is 0 Å². The zero-order valence-corrected chi connectivity index (χ0v) is 11.8. The monoisotopic (exact) mass is 304 g/mol. The molecule has 0 aromatic heterocycles. The van der Waals surface area contributed by atoms with Gasteiger partial charge in [0.2, 0.25) is 0 Å².